The van der Waals surface area contributed by atoms with Crippen molar-refractivity contribution in [2.45, 2.75) is 12.1 Å². The molecule has 0 aliphatic rings. The van der Waals surface area contributed by atoms with Crippen LogP contribution in [-0.4, -0.2) is 36.3 Å². The summed E-state index contributed by atoms with van der Waals surface area (Å²) in [7, 11) is 0. The predicted molar refractivity (Wildman–Crippen MR) is 122 cm³/mol. The molecule has 9 nitrogen and oxygen atoms in total. The molecule has 0 unspecified atom stereocenters. The molecule has 0 spiro atoms. The van der Waals surface area contributed by atoms with Crippen LogP contribution in [0.1, 0.15) is 5.56 Å². The van der Waals surface area contributed by atoms with E-state index in [-0.39, 0.29) is 17.3 Å². The number of non-ortho nitro benzene ring substituents is 1. The van der Waals surface area contributed by atoms with Gasteiger partial charge in [-0.2, -0.15) is 0 Å². The normalized spacial score (nSPS) is 10.7. The number of thioether (sulfide) groups is 1. The highest BCUT2D eigenvalue weighted by molar-refractivity contribution is 7.99. The Morgan fingerprint density at radius 3 is 2.56 bits per heavy atom. The summed E-state index contributed by atoms with van der Waals surface area (Å²) in [5.41, 5.74) is 3.21. The van der Waals surface area contributed by atoms with Crippen molar-refractivity contribution in [2.24, 2.45) is 0 Å². The Balaban J connectivity index is 1.56. The number of amides is 1. The lowest BCUT2D eigenvalue weighted by atomic mass is 10.2. The number of anilines is 1. The van der Waals surface area contributed by atoms with Gasteiger partial charge in [0, 0.05) is 35.8 Å². The highest BCUT2D eigenvalue weighted by atomic mass is 32.2. The molecule has 10 heteroatoms. The molecule has 0 fully saturated rings. The molecule has 2 heterocycles. The minimum atomic E-state index is -0.486. The lowest BCUT2D eigenvalue weighted by Gasteiger charge is -2.12. The van der Waals surface area contributed by atoms with Gasteiger partial charge >= 0.3 is 0 Å². The lowest BCUT2D eigenvalue weighted by molar-refractivity contribution is -0.384. The van der Waals surface area contributed by atoms with Gasteiger partial charge in [-0.25, -0.2) is 0 Å². The first-order valence-corrected chi connectivity index (χ1v) is 10.6. The average Bonchev–Trinajstić information content (AvgIpc) is 3.23. The summed E-state index contributed by atoms with van der Waals surface area (Å²) in [6, 6.07) is 17.3. The van der Waals surface area contributed by atoms with Crippen LogP contribution in [0.4, 0.5) is 11.4 Å². The Bertz CT molecular complexity index is 1260. The molecule has 32 heavy (non-hydrogen) atoms. The van der Waals surface area contributed by atoms with Gasteiger partial charge in [0.2, 0.25) is 5.91 Å². The van der Waals surface area contributed by atoms with Gasteiger partial charge in [0.15, 0.2) is 11.0 Å². The minimum Gasteiger partial charge on any atom is -0.325 e. The Kier molecular flexibility index (Phi) is 6.22. The van der Waals surface area contributed by atoms with Gasteiger partial charge in [-0.3, -0.25) is 24.5 Å². The Hall–Kier alpha value is -4.05. The van der Waals surface area contributed by atoms with E-state index in [9.17, 15) is 14.9 Å². The number of nitro groups is 1. The highest BCUT2D eigenvalue weighted by Gasteiger charge is 2.18. The zero-order valence-corrected chi connectivity index (χ0v) is 17.8. The molecular formula is C22H18N6O3S. The molecule has 0 aliphatic heterocycles. The van der Waals surface area contributed by atoms with Crippen molar-refractivity contribution in [1.82, 2.24) is 19.7 Å². The molecule has 0 atom stereocenters. The van der Waals surface area contributed by atoms with E-state index < -0.39 is 4.92 Å². The molecule has 0 saturated carbocycles. The second-order valence-corrected chi connectivity index (χ2v) is 7.75. The molecule has 4 aromatic rings. The summed E-state index contributed by atoms with van der Waals surface area (Å²) < 4.78 is 1.91. The number of pyridine rings is 1. The SMILES string of the molecule is Cc1ccccc1-n1c(SCC(=O)Nc2ccc([N+](=O)[O-])cc2)nnc1-c1cccnc1. The van der Waals surface area contributed by atoms with E-state index in [0.717, 1.165) is 16.8 Å². The van der Waals surface area contributed by atoms with Crippen molar-refractivity contribution < 1.29 is 9.72 Å². The summed E-state index contributed by atoms with van der Waals surface area (Å²) >= 11 is 1.25. The summed E-state index contributed by atoms with van der Waals surface area (Å²) in [5, 5.41) is 22.7. The topological polar surface area (TPSA) is 116 Å². The maximum Gasteiger partial charge on any atom is 0.269 e. The number of nitrogens with zero attached hydrogens (tertiary/aromatic N) is 5. The van der Waals surface area contributed by atoms with Crippen LogP contribution in [0.3, 0.4) is 0 Å². The molecule has 1 amide bonds. The zero-order valence-electron chi connectivity index (χ0n) is 17.0. The van der Waals surface area contributed by atoms with Crippen LogP contribution in [0, 0.1) is 17.0 Å². The van der Waals surface area contributed by atoms with Crippen molar-refractivity contribution >= 4 is 29.0 Å². The van der Waals surface area contributed by atoms with Gasteiger partial charge in [0.05, 0.1) is 16.4 Å². The van der Waals surface area contributed by atoms with Crippen LogP contribution in [0.2, 0.25) is 0 Å². The second kappa shape index (κ2) is 9.40. The van der Waals surface area contributed by atoms with Crippen LogP contribution < -0.4 is 5.32 Å². The Morgan fingerprint density at radius 1 is 1.09 bits per heavy atom. The van der Waals surface area contributed by atoms with Crippen LogP contribution >= 0.6 is 11.8 Å². The number of carbonyl (C=O) groups excluding carboxylic acids is 1. The first-order valence-electron chi connectivity index (χ1n) is 9.62. The number of aryl methyl sites for hydroxylation is 1. The van der Waals surface area contributed by atoms with Gasteiger partial charge in [-0.15, -0.1) is 10.2 Å². The monoisotopic (exact) mass is 446 g/mol. The highest BCUT2D eigenvalue weighted by Crippen LogP contribution is 2.29. The smallest absolute Gasteiger partial charge is 0.269 e. The standard InChI is InChI=1S/C22H18N6O3S/c1-15-5-2-3-7-19(15)27-21(16-6-4-12-23-13-16)25-26-22(27)32-14-20(29)24-17-8-10-18(11-9-17)28(30)31/h2-13H,14H2,1H3,(H,24,29). The van der Waals surface area contributed by atoms with Gasteiger partial charge in [-0.05, 0) is 42.8 Å². The average molecular weight is 446 g/mol. The third kappa shape index (κ3) is 4.65. The van der Waals surface area contributed by atoms with Crippen LogP contribution in [-0.2, 0) is 4.79 Å². The Morgan fingerprint density at radius 2 is 1.88 bits per heavy atom. The van der Waals surface area contributed by atoms with Gasteiger partial charge in [-0.1, -0.05) is 30.0 Å². The molecule has 0 radical (unpaired) electrons. The summed E-state index contributed by atoms with van der Waals surface area (Å²) in [4.78, 5) is 26.9. The van der Waals surface area contributed by atoms with Crippen LogP contribution in [0.25, 0.3) is 17.1 Å². The van der Waals surface area contributed by atoms with Gasteiger partial charge < -0.3 is 5.32 Å². The largest absolute Gasteiger partial charge is 0.325 e. The van der Waals surface area contributed by atoms with Gasteiger partial charge in [0.25, 0.3) is 5.69 Å². The third-order valence-electron chi connectivity index (χ3n) is 4.60. The summed E-state index contributed by atoms with van der Waals surface area (Å²) in [6.45, 7) is 2.00. The van der Waals surface area contributed by atoms with E-state index in [4.69, 9.17) is 0 Å². The number of para-hydroxylation sites is 1. The molecule has 0 aliphatic carbocycles. The molecule has 4 rings (SSSR count). The van der Waals surface area contributed by atoms with E-state index >= 15 is 0 Å². The predicted octanol–water partition coefficient (Wildman–Crippen LogP) is 4.28. The number of carbonyl (C=O) groups is 1. The van der Waals surface area contributed by atoms with Crippen molar-refractivity contribution in [2.75, 3.05) is 11.1 Å². The molecular weight excluding hydrogens is 428 g/mol. The number of hydrogen-bond donors (Lipinski definition) is 1. The molecule has 160 valence electrons. The molecule has 0 bridgehead atoms. The maximum absolute atomic E-state index is 12.5. The third-order valence-corrected chi connectivity index (χ3v) is 5.53. The maximum atomic E-state index is 12.5. The molecule has 2 aromatic heterocycles. The van der Waals surface area contributed by atoms with Crippen LogP contribution in [0.5, 0.6) is 0 Å². The minimum absolute atomic E-state index is 0.0355. The quantitative estimate of drug-likeness (QED) is 0.256. The Labute approximate surface area is 187 Å². The van der Waals surface area contributed by atoms with Gasteiger partial charge in [0.1, 0.15) is 0 Å². The van der Waals surface area contributed by atoms with Crippen molar-refractivity contribution in [3.63, 3.8) is 0 Å². The van der Waals surface area contributed by atoms with E-state index in [1.165, 1.54) is 36.0 Å². The number of benzene rings is 2. The number of hydrogen-bond acceptors (Lipinski definition) is 7. The lowest BCUT2D eigenvalue weighted by Crippen LogP contribution is -2.14. The number of aromatic nitrogens is 4. The first-order chi connectivity index (χ1) is 15.5. The summed E-state index contributed by atoms with van der Waals surface area (Å²) in [6.07, 6.45) is 3.41. The van der Waals surface area contributed by atoms with Crippen molar-refractivity contribution in [1.29, 1.82) is 0 Å². The second-order valence-electron chi connectivity index (χ2n) is 6.81. The summed E-state index contributed by atoms with van der Waals surface area (Å²) in [5.74, 6) is 0.463. The number of rotatable bonds is 7. The zero-order chi connectivity index (χ0) is 22.5. The van der Waals surface area contributed by atoms with Crippen LogP contribution in [0.15, 0.2) is 78.2 Å². The van der Waals surface area contributed by atoms with Crippen molar-refractivity contribution in [3.8, 4) is 17.1 Å². The first kappa shape index (κ1) is 21.2. The molecule has 0 saturated heterocycles. The molecule has 2 aromatic carbocycles. The fraction of sp³-hybridized carbons (Fsp3) is 0.0909. The van der Waals surface area contributed by atoms with E-state index in [2.05, 4.69) is 20.5 Å². The van der Waals surface area contributed by atoms with E-state index in [1.807, 2.05) is 47.9 Å². The number of nitrogens with one attached hydrogen (secondary N) is 1. The number of nitro benzene ring substituents is 1. The van der Waals surface area contributed by atoms with Crippen molar-refractivity contribution in [3.05, 3.63) is 88.7 Å². The molecule has 1 N–H and O–H groups in total. The van der Waals surface area contributed by atoms with E-state index in [1.54, 1.807) is 12.4 Å². The fourth-order valence-electron chi connectivity index (χ4n) is 3.07. The van der Waals surface area contributed by atoms with E-state index in [0.29, 0.717) is 16.7 Å². The fourth-order valence-corrected chi connectivity index (χ4v) is 3.82.